The number of fused-ring (bicyclic) bond motifs is 8. The SMILES string of the molecule is CCC(=O)[C@H]1CC[C@]2(COc3nc4c5cnc(c(F)c5n3)-c3c(c(Cl)cc5[nH]ncc35)CCCOC(=O)O[C@@H]3COCCN4C3)C[C@@H](F)CN12. The van der Waals surface area contributed by atoms with Crippen LogP contribution in [-0.4, -0.2) is 112 Å². The van der Waals surface area contributed by atoms with Crippen LogP contribution in [0.15, 0.2) is 18.5 Å². The monoisotopic (exact) mass is 711 g/mol. The van der Waals surface area contributed by atoms with Gasteiger partial charge in [-0.2, -0.15) is 15.1 Å². The summed E-state index contributed by atoms with van der Waals surface area (Å²) in [6, 6.07) is 1.23. The predicted molar refractivity (Wildman–Crippen MR) is 178 cm³/mol. The molecule has 13 nitrogen and oxygen atoms in total. The number of hydrogen-bond acceptors (Lipinski definition) is 12. The molecular formula is C34H36ClF2N7O6. The van der Waals surface area contributed by atoms with Gasteiger partial charge in [0.05, 0.1) is 55.0 Å². The molecule has 6 bridgehead atoms. The van der Waals surface area contributed by atoms with Gasteiger partial charge in [0, 0.05) is 48.1 Å². The molecule has 3 aromatic heterocycles. The van der Waals surface area contributed by atoms with E-state index in [2.05, 4.69) is 20.2 Å². The van der Waals surface area contributed by atoms with Crippen LogP contribution in [0.5, 0.6) is 6.01 Å². The van der Waals surface area contributed by atoms with Crippen LogP contribution in [0.1, 0.15) is 44.6 Å². The number of nitrogens with one attached hydrogen (secondary N) is 1. The number of H-pyrrole nitrogens is 1. The highest BCUT2D eigenvalue weighted by atomic mass is 35.5. The quantitative estimate of drug-likeness (QED) is 0.279. The van der Waals surface area contributed by atoms with E-state index in [1.165, 1.54) is 6.20 Å². The van der Waals surface area contributed by atoms with Crippen molar-refractivity contribution in [3.8, 4) is 17.3 Å². The van der Waals surface area contributed by atoms with Crippen molar-refractivity contribution in [2.45, 2.75) is 69.3 Å². The molecule has 4 atom stereocenters. The van der Waals surface area contributed by atoms with E-state index in [1.54, 1.807) is 12.3 Å². The molecule has 0 unspecified atom stereocenters. The van der Waals surface area contributed by atoms with Crippen molar-refractivity contribution < 1.29 is 37.3 Å². The molecule has 9 rings (SSSR count). The van der Waals surface area contributed by atoms with Gasteiger partial charge < -0.3 is 23.8 Å². The summed E-state index contributed by atoms with van der Waals surface area (Å²) in [5, 5.41) is 8.34. The van der Waals surface area contributed by atoms with E-state index in [0.717, 1.165) is 0 Å². The van der Waals surface area contributed by atoms with Crippen molar-refractivity contribution in [1.82, 2.24) is 30.0 Å². The number of halogens is 3. The summed E-state index contributed by atoms with van der Waals surface area (Å²) in [6.45, 7) is 2.92. The third-order valence-electron chi connectivity index (χ3n) is 10.3. The Bertz CT molecular complexity index is 1980. The molecule has 3 fully saturated rings. The van der Waals surface area contributed by atoms with Gasteiger partial charge in [0.2, 0.25) is 0 Å². The number of nitrogens with zero attached hydrogens (tertiary/aromatic N) is 6. The molecule has 1 N–H and O–H groups in total. The van der Waals surface area contributed by atoms with Crippen LogP contribution in [0.4, 0.5) is 19.4 Å². The molecule has 1 aromatic carbocycles. The Kier molecular flexibility index (Phi) is 8.68. The third kappa shape index (κ3) is 5.78. The highest BCUT2D eigenvalue weighted by Crippen LogP contribution is 2.45. The number of hydrogen-bond donors (Lipinski definition) is 1. The lowest BCUT2D eigenvalue weighted by Crippen LogP contribution is -2.48. The van der Waals surface area contributed by atoms with Gasteiger partial charge in [-0.3, -0.25) is 19.8 Å². The van der Waals surface area contributed by atoms with Gasteiger partial charge >= 0.3 is 12.2 Å². The van der Waals surface area contributed by atoms with Crippen LogP contribution < -0.4 is 9.64 Å². The van der Waals surface area contributed by atoms with E-state index < -0.39 is 29.8 Å². The molecule has 5 aliphatic heterocycles. The predicted octanol–water partition coefficient (Wildman–Crippen LogP) is 4.97. The summed E-state index contributed by atoms with van der Waals surface area (Å²) in [4.78, 5) is 43.2. The second kappa shape index (κ2) is 13.2. The van der Waals surface area contributed by atoms with Crippen LogP contribution in [0.3, 0.4) is 0 Å². The van der Waals surface area contributed by atoms with Crippen molar-refractivity contribution in [2.75, 3.05) is 51.0 Å². The second-order valence-corrected chi connectivity index (χ2v) is 13.8. The Hall–Kier alpha value is -4.21. The number of ketones is 1. The summed E-state index contributed by atoms with van der Waals surface area (Å²) in [7, 11) is 0. The van der Waals surface area contributed by atoms with E-state index in [1.807, 2.05) is 16.7 Å². The number of alkyl halides is 1. The van der Waals surface area contributed by atoms with Gasteiger partial charge in [0.25, 0.3) is 0 Å². The summed E-state index contributed by atoms with van der Waals surface area (Å²) in [5.41, 5.74) is 0.885. The number of pyridine rings is 1. The molecule has 4 aromatic rings. The van der Waals surface area contributed by atoms with Crippen molar-refractivity contribution in [3.63, 3.8) is 0 Å². The van der Waals surface area contributed by atoms with Crippen LogP contribution in [0.25, 0.3) is 33.1 Å². The molecule has 264 valence electrons. The molecular weight excluding hydrogens is 676 g/mol. The zero-order valence-electron chi connectivity index (χ0n) is 27.4. The van der Waals surface area contributed by atoms with Crippen LogP contribution in [0.2, 0.25) is 5.02 Å². The van der Waals surface area contributed by atoms with Crippen LogP contribution in [0, 0.1) is 5.82 Å². The fourth-order valence-electron chi connectivity index (χ4n) is 7.98. The summed E-state index contributed by atoms with van der Waals surface area (Å²) in [6.07, 6.45) is 2.92. The molecule has 0 aliphatic carbocycles. The highest BCUT2D eigenvalue weighted by molar-refractivity contribution is 6.33. The normalized spacial score (nSPS) is 25.8. The lowest BCUT2D eigenvalue weighted by Gasteiger charge is -2.33. The van der Waals surface area contributed by atoms with E-state index in [9.17, 15) is 14.0 Å². The Labute approximate surface area is 290 Å². The van der Waals surface area contributed by atoms with E-state index in [4.69, 9.17) is 35.5 Å². The zero-order chi connectivity index (χ0) is 34.6. The minimum Gasteiger partial charge on any atom is -0.461 e. The molecule has 8 heterocycles. The van der Waals surface area contributed by atoms with Crippen LogP contribution in [-0.2, 0) is 25.4 Å². The lowest BCUT2D eigenvalue weighted by molar-refractivity contribution is -0.124. The van der Waals surface area contributed by atoms with Crippen molar-refractivity contribution in [2.24, 2.45) is 0 Å². The number of Topliss-reactive ketones (excluding diaryl/α,β-unsaturated/α-hetero) is 1. The maximum Gasteiger partial charge on any atom is 0.508 e. The van der Waals surface area contributed by atoms with E-state index in [-0.39, 0.29) is 75.0 Å². The minimum absolute atomic E-state index is 0.0130. The number of ether oxygens (including phenoxy) is 4. The van der Waals surface area contributed by atoms with Crippen LogP contribution >= 0.6 is 11.6 Å². The first-order valence-corrected chi connectivity index (χ1v) is 17.4. The number of carbonyl (C=O) groups is 2. The lowest BCUT2D eigenvalue weighted by atomic mass is 9.94. The van der Waals surface area contributed by atoms with Crippen molar-refractivity contribution in [3.05, 3.63) is 34.9 Å². The largest absolute Gasteiger partial charge is 0.508 e. The molecule has 0 amide bonds. The van der Waals surface area contributed by atoms with Gasteiger partial charge in [-0.1, -0.05) is 18.5 Å². The number of rotatable bonds is 5. The number of anilines is 1. The first kappa shape index (κ1) is 33.0. The molecule has 16 heteroatoms. The van der Waals surface area contributed by atoms with Gasteiger partial charge in [-0.05, 0) is 37.3 Å². The third-order valence-corrected chi connectivity index (χ3v) is 10.7. The molecule has 5 aliphatic rings. The van der Waals surface area contributed by atoms with E-state index in [0.29, 0.717) is 76.9 Å². The maximum atomic E-state index is 17.1. The Morgan fingerprint density at radius 3 is 2.96 bits per heavy atom. The van der Waals surface area contributed by atoms with Gasteiger partial charge in [0.15, 0.2) is 5.82 Å². The van der Waals surface area contributed by atoms with Crippen molar-refractivity contribution in [1.29, 1.82) is 0 Å². The highest BCUT2D eigenvalue weighted by Gasteiger charge is 2.55. The Balaban J connectivity index is 1.27. The van der Waals surface area contributed by atoms with Crippen molar-refractivity contribution >= 4 is 51.2 Å². The number of benzene rings is 1. The second-order valence-electron chi connectivity index (χ2n) is 13.4. The Morgan fingerprint density at radius 1 is 1.22 bits per heavy atom. The van der Waals surface area contributed by atoms with Gasteiger partial charge in [-0.15, -0.1) is 0 Å². The number of aromatic amines is 1. The van der Waals surface area contributed by atoms with Gasteiger partial charge in [-0.25, -0.2) is 13.6 Å². The molecule has 0 saturated carbocycles. The topological polar surface area (TPSA) is 145 Å². The first-order valence-electron chi connectivity index (χ1n) is 17.0. The fourth-order valence-corrected chi connectivity index (χ4v) is 8.28. The summed E-state index contributed by atoms with van der Waals surface area (Å²) in [5.74, 6) is -0.335. The summed E-state index contributed by atoms with van der Waals surface area (Å²) >= 11 is 6.77. The first-order chi connectivity index (χ1) is 24.2. The fraction of sp³-hybridized carbons (Fsp3) is 0.529. The smallest absolute Gasteiger partial charge is 0.461 e. The average Bonchev–Trinajstić information content (AvgIpc) is 3.73. The van der Waals surface area contributed by atoms with Gasteiger partial charge in [0.1, 0.15) is 41.7 Å². The zero-order valence-corrected chi connectivity index (χ0v) is 28.2. The molecule has 3 saturated heterocycles. The molecule has 50 heavy (non-hydrogen) atoms. The number of carbonyl (C=O) groups excluding carboxylic acids is 2. The maximum absolute atomic E-state index is 17.1. The molecule has 0 radical (unpaired) electrons. The number of aromatic nitrogens is 5. The standard InChI is InChI=1S/C34H36ClF2N7O6/c1-2-26(45)25-5-6-34(11-18(36)14-44(25)34)17-49-32-40-29-22-12-38-30(28(29)37)27-20(23(35)10-24-21(27)13-39-42-24)4-3-8-48-33(46)50-19-15-43(31(22)41-32)7-9-47-16-19/h10,12-13,18-19,25H,2-9,11,14-17H2,1H3,(H,39,42)/t18-,19+,25-,34-/m1/s1. The average molecular weight is 712 g/mol. The molecule has 0 spiro atoms. The minimum atomic E-state index is -1.11. The summed E-state index contributed by atoms with van der Waals surface area (Å²) < 4.78 is 55.1. The van der Waals surface area contributed by atoms with E-state index >= 15 is 4.39 Å². The Morgan fingerprint density at radius 2 is 2.10 bits per heavy atom.